The maximum absolute atomic E-state index is 10.5. The summed E-state index contributed by atoms with van der Waals surface area (Å²) >= 11 is 3.54. The zero-order valence-electron chi connectivity index (χ0n) is 11.7. The van der Waals surface area contributed by atoms with Crippen LogP contribution in [0.5, 0.6) is 0 Å². The van der Waals surface area contributed by atoms with Crippen molar-refractivity contribution in [3.63, 3.8) is 0 Å². The molecule has 0 amide bonds. The van der Waals surface area contributed by atoms with Crippen LogP contribution >= 0.6 is 15.9 Å². The van der Waals surface area contributed by atoms with E-state index in [0.717, 1.165) is 27.0 Å². The van der Waals surface area contributed by atoms with Crippen molar-refractivity contribution in [3.05, 3.63) is 50.8 Å². The van der Waals surface area contributed by atoms with Crippen LogP contribution in [-0.4, -0.2) is 14.9 Å². The van der Waals surface area contributed by atoms with Gasteiger partial charge in [0, 0.05) is 13.5 Å². The molecule has 0 saturated heterocycles. The molecule has 1 atom stereocenters. The van der Waals surface area contributed by atoms with Crippen molar-refractivity contribution in [2.24, 2.45) is 7.05 Å². The molecular formula is C15H19BrN2O. The molecule has 0 saturated carbocycles. The van der Waals surface area contributed by atoms with Crippen molar-refractivity contribution in [3.8, 4) is 0 Å². The Morgan fingerprint density at radius 3 is 2.58 bits per heavy atom. The maximum Gasteiger partial charge on any atom is 0.0848 e. The minimum atomic E-state index is -0.508. The van der Waals surface area contributed by atoms with Gasteiger partial charge in [0.05, 0.1) is 22.0 Å². The third kappa shape index (κ3) is 2.74. The zero-order chi connectivity index (χ0) is 14.2. The average Bonchev–Trinajstić information content (AvgIpc) is 2.59. The number of aromatic nitrogens is 2. The van der Waals surface area contributed by atoms with Crippen LogP contribution in [0.3, 0.4) is 0 Å². The molecule has 1 heterocycles. The Bertz CT molecular complexity index is 604. The molecule has 4 heteroatoms. The number of hydrogen-bond acceptors (Lipinski definition) is 2. The summed E-state index contributed by atoms with van der Waals surface area (Å²) in [5.74, 6) is 0. The number of halogens is 1. The summed E-state index contributed by atoms with van der Waals surface area (Å²) < 4.78 is 2.81. The molecule has 3 nitrogen and oxygen atoms in total. The SMILES string of the molecule is Cc1cccc(C(O)Cc2c(Br)c(C)nn2C)c1C. The van der Waals surface area contributed by atoms with Gasteiger partial charge in [-0.3, -0.25) is 4.68 Å². The molecule has 0 aliphatic rings. The fraction of sp³-hybridized carbons (Fsp3) is 0.400. The van der Waals surface area contributed by atoms with Crippen LogP contribution in [-0.2, 0) is 13.5 Å². The topological polar surface area (TPSA) is 38.1 Å². The fourth-order valence-electron chi connectivity index (χ4n) is 2.33. The largest absolute Gasteiger partial charge is 0.388 e. The van der Waals surface area contributed by atoms with E-state index in [1.165, 1.54) is 5.56 Å². The van der Waals surface area contributed by atoms with E-state index >= 15 is 0 Å². The quantitative estimate of drug-likeness (QED) is 0.940. The molecule has 0 spiro atoms. The third-order valence-corrected chi connectivity index (χ3v) is 4.69. The molecule has 0 radical (unpaired) electrons. The van der Waals surface area contributed by atoms with Crippen LogP contribution in [0.1, 0.15) is 34.2 Å². The van der Waals surface area contributed by atoms with E-state index in [9.17, 15) is 5.11 Å². The monoisotopic (exact) mass is 322 g/mol. The predicted octanol–water partition coefficient (Wildman–Crippen LogP) is 3.38. The minimum Gasteiger partial charge on any atom is -0.388 e. The van der Waals surface area contributed by atoms with Crippen molar-refractivity contribution in [1.29, 1.82) is 0 Å². The summed E-state index contributed by atoms with van der Waals surface area (Å²) in [5.41, 5.74) is 5.32. The van der Waals surface area contributed by atoms with Crippen LogP contribution in [0.15, 0.2) is 22.7 Å². The van der Waals surface area contributed by atoms with Gasteiger partial charge in [-0.1, -0.05) is 18.2 Å². The van der Waals surface area contributed by atoms with Gasteiger partial charge < -0.3 is 5.11 Å². The minimum absolute atomic E-state index is 0.508. The van der Waals surface area contributed by atoms with Gasteiger partial charge in [0.15, 0.2) is 0 Å². The maximum atomic E-state index is 10.5. The van der Waals surface area contributed by atoms with Crippen molar-refractivity contribution in [1.82, 2.24) is 9.78 Å². The van der Waals surface area contributed by atoms with Crippen LogP contribution < -0.4 is 0 Å². The first kappa shape index (κ1) is 14.3. The molecule has 0 aliphatic carbocycles. The fourth-order valence-corrected chi connectivity index (χ4v) is 2.83. The Labute approximate surface area is 122 Å². The second-order valence-electron chi connectivity index (χ2n) is 4.98. The van der Waals surface area contributed by atoms with Crippen molar-refractivity contribution < 1.29 is 5.11 Å². The third-order valence-electron chi connectivity index (χ3n) is 3.65. The van der Waals surface area contributed by atoms with E-state index in [1.54, 1.807) is 0 Å². The summed E-state index contributed by atoms with van der Waals surface area (Å²) in [6.07, 6.45) is 0.0494. The van der Waals surface area contributed by atoms with Crippen LogP contribution in [0.4, 0.5) is 0 Å². The molecule has 102 valence electrons. The molecule has 1 unspecified atom stereocenters. The number of nitrogens with zero attached hydrogens (tertiary/aromatic N) is 2. The zero-order valence-corrected chi connectivity index (χ0v) is 13.3. The molecule has 1 aromatic carbocycles. The normalized spacial score (nSPS) is 12.7. The number of hydrogen-bond donors (Lipinski definition) is 1. The summed E-state index contributed by atoms with van der Waals surface area (Å²) in [4.78, 5) is 0. The van der Waals surface area contributed by atoms with Gasteiger partial charge in [0.2, 0.25) is 0 Å². The Morgan fingerprint density at radius 1 is 1.32 bits per heavy atom. The number of aliphatic hydroxyl groups excluding tert-OH is 1. The molecule has 1 aromatic heterocycles. The van der Waals surface area contributed by atoms with Crippen LogP contribution in [0.25, 0.3) is 0 Å². The molecular weight excluding hydrogens is 304 g/mol. The van der Waals surface area contributed by atoms with E-state index in [1.807, 2.05) is 30.8 Å². The van der Waals surface area contributed by atoms with Gasteiger partial charge >= 0.3 is 0 Å². The highest BCUT2D eigenvalue weighted by molar-refractivity contribution is 9.10. The Kier molecular flexibility index (Phi) is 4.11. The number of rotatable bonds is 3. The first-order chi connectivity index (χ1) is 8.91. The molecule has 2 aromatic rings. The van der Waals surface area contributed by atoms with Gasteiger partial charge in [-0.05, 0) is 53.4 Å². The molecule has 0 fully saturated rings. The number of benzene rings is 1. The first-order valence-corrected chi connectivity index (χ1v) is 7.13. The van der Waals surface area contributed by atoms with E-state index in [2.05, 4.69) is 40.9 Å². The number of aryl methyl sites for hydroxylation is 3. The lowest BCUT2D eigenvalue weighted by Gasteiger charge is -2.15. The first-order valence-electron chi connectivity index (χ1n) is 6.34. The number of aliphatic hydroxyl groups is 1. The lowest BCUT2D eigenvalue weighted by Crippen LogP contribution is -2.08. The lowest BCUT2D eigenvalue weighted by molar-refractivity contribution is 0.175. The summed E-state index contributed by atoms with van der Waals surface area (Å²) in [6, 6.07) is 6.05. The highest BCUT2D eigenvalue weighted by Crippen LogP contribution is 2.28. The average molecular weight is 323 g/mol. The predicted molar refractivity (Wildman–Crippen MR) is 80.2 cm³/mol. The summed E-state index contributed by atoms with van der Waals surface area (Å²) in [5, 5.41) is 14.8. The van der Waals surface area contributed by atoms with E-state index in [0.29, 0.717) is 6.42 Å². The van der Waals surface area contributed by atoms with E-state index in [4.69, 9.17) is 0 Å². The van der Waals surface area contributed by atoms with Gasteiger partial charge in [-0.15, -0.1) is 0 Å². The molecule has 0 aliphatic heterocycles. The Balaban J connectivity index is 2.31. The van der Waals surface area contributed by atoms with Crippen molar-refractivity contribution in [2.45, 2.75) is 33.3 Å². The molecule has 0 bridgehead atoms. The van der Waals surface area contributed by atoms with E-state index < -0.39 is 6.10 Å². The smallest absolute Gasteiger partial charge is 0.0848 e. The van der Waals surface area contributed by atoms with Crippen LogP contribution in [0, 0.1) is 20.8 Å². The van der Waals surface area contributed by atoms with Crippen molar-refractivity contribution >= 4 is 15.9 Å². The summed E-state index contributed by atoms with van der Waals surface area (Å²) in [7, 11) is 1.91. The molecule has 2 rings (SSSR count). The van der Waals surface area contributed by atoms with Crippen LogP contribution in [0.2, 0.25) is 0 Å². The van der Waals surface area contributed by atoms with Crippen molar-refractivity contribution in [2.75, 3.05) is 0 Å². The van der Waals surface area contributed by atoms with E-state index in [-0.39, 0.29) is 0 Å². The Hall–Kier alpha value is -1.13. The second kappa shape index (κ2) is 5.47. The lowest BCUT2D eigenvalue weighted by atomic mass is 9.96. The van der Waals surface area contributed by atoms with Gasteiger partial charge in [0.1, 0.15) is 0 Å². The standard InChI is InChI=1S/C15H19BrN2O/c1-9-6-5-7-12(10(9)2)14(19)8-13-15(16)11(3)17-18(13)4/h5-7,14,19H,8H2,1-4H3. The molecule has 19 heavy (non-hydrogen) atoms. The Morgan fingerprint density at radius 2 is 2.00 bits per heavy atom. The molecule has 1 N–H and O–H groups in total. The van der Waals surface area contributed by atoms with Gasteiger partial charge in [-0.25, -0.2) is 0 Å². The van der Waals surface area contributed by atoms with Gasteiger partial charge in [-0.2, -0.15) is 5.10 Å². The highest BCUT2D eigenvalue weighted by atomic mass is 79.9. The summed E-state index contributed by atoms with van der Waals surface area (Å²) in [6.45, 7) is 6.07. The van der Waals surface area contributed by atoms with Gasteiger partial charge in [0.25, 0.3) is 0 Å². The second-order valence-corrected chi connectivity index (χ2v) is 5.77. The highest BCUT2D eigenvalue weighted by Gasteiger charge is 2.18.